The summed E-state index contributed by atoms with van der Waals surface area (Å²) in [7, 11) is 1.38. The van der Waals surface area contributed by atoms with E-state index in [1.807, 2.05) is 0 Å². The van der Waals surface area contributed by atoms with Gasteiger partial charge in [-0.15, -0.1) is 0 Å². The first-order valence-electron chi connectivity index (χ1n) is 1.44. The summed E-state index contributed by atoms with van der Waals surface area (Å²) in [6.07, 6.45) is 0.875. The molecule has 0 aromatic carbocycles. The van der Waals surface area contributed by atoms with Crippen LogP contribution in [0.5, 0.6) is 0 Å². The lowest BCUT2D eigenvalue weighted by Crippen LogP contribution is -2.11. The molecule has 0 saturated carbocycles. The summed E-state index contributed by atoms with van der Waals surface area (Å²) < 4.78 is 0. The monoisotopic (exact) mass is 103 g/mol. The van der Waals surface area contributed by atoms with Gasteiger partial charge in [-0.3, -0.25) is 14.5 Å². The molecule has 0 N–H and O–H groups in total. The molecule has 0 fully saturated rings. The lowest BCUT2D eigenvalue weighted by Gasteiger charge is -1.91. The highest BCUT2D eigenvalue weighted by Crippen LogP contribution is 1.55. The Morgan fingerprint density at radius 3 is 1.57 bits per heavy atom. The Balaban J connectivity index is 0. The summed E-state index contributed by atoms with van der Waals surface area (Å²) in [5.41, 5.74) is 0. The number of hydrogen-bond donors (Lipinski definition) is 0. The number of carbonyl (C=O) groups excluding carboxylic acids is 2. The molecule has 0 aromatic rings. The minimum Gasteiger partial charge on any atom is -0.291 e. The third-order valence-corrected chi connectivity index (χ3v) is 0.333. The molecular formula is C4H9NO2. The number of carbonyl (C=O) groups is 2. The molecule has 0 atom stereocenters. The maximum Gasteiger partial charge on any atom is 0.215 e. The minimum absolute atomic E-state index is 0. The van der Waals surface area contributed by atoms with Crippen LogP contribution in [-0.2, 0) is 9.59 Å². The lowest BCUT2D eigenvalue weighted by atomic mass is 11.0. The maximum atomic E-state index is 9.43. The van der Waals surface area contributed by atoms with Crippen LogP contribution in [0.25, 0.3) is 0 Å². The topological polar surface area (TPSA) is 37.4 Å². The second-order valence-electron chi connectivity index (χ2n) is 0.876. The number of imide groups is 1. The summed E-state index contributed by atoms with van der Waals surface area (Å²) in [4.78, 5) is 19.8. The normalized spacial score (nSPS) is 5.86. The van der Waals surface area contributed by atoms with Crippen molar-refractivity contribution in [3.8, 4) is 0 Å². The van der Waals surface area contributed by atoms with Crippen molar-refractivity contribution >= 4 is 12.8 Å². The highest BCUT2D eigenvalue weighted by molar-refractivity contribution is 5.67. The molecule has 0 aliphatic rings. The fourth-order valence-corrected chi connectivity index (χ4v) is 0.0248. The highest BCUT2D eigenvalue weighted by Gasteiger charge is 1.79. The number of rotatable bonds is 2. The fourth-order valence-electron chi connectivity index (χ4n) is 0.0248. The molecule has 0 saturated heterocycles. The fraction of sp³-hybridized carbons (Fsp3) is 0.500. The van der Waals surface area contributed by atoms with Crippen molar-refractivity contribution in [3.05, 3.63) is 0 Å². The van der Waals surface area contributed by atoms with E-state index < -0.39 is 0 Å². The quantitative estimate of drug-likeness (QED) is 0.456. The number of nitrogens with zero attached hydrogens (tertiary/aromatic N) is 1. The Morgan fingerprint density at radius 1 is 1.29 bits per heavy atom. The van der Waals surface area contributed by atoms with Gasteiger partial charge in [0.15, 0.2) is 0 Å². The van der Waals surface area contributed by atoms with Gasteiger partial charge in [-0.25, -0.2) is 0 Å². The zero-order chi connectivity index (χ0) is 4.99. The first-order valence-corrected chi connectivity index (χ1v) is 1.44. The van der Waals surface area contributed by atoms with E-state index in [2.05, 4.69) is 0 Å². The van der Waals surface area contributed by atoms with Gasteiger partial charge in [0.25, 0.3) is 0 Å². The van der Waals surface area contributed by atoms with Crippen LogP contribution in [0.4, 0.5) is 0 Å². The Bertz CT molecular complexity index is 54.7. The van der Waals surface area contributed by atoms with Crippen LogP contribution in [0.15, 0.2) is 0 Å². The molecule has 0 aliphatic heterocycles. The van der Waals surface area contributed by atoms with Gasteiger partial charge in [-0.1, -0.05) is 7.43 Å². The molecule has 7 heavy (non-hydrogen) atoms. The average Bonchev–Trinajstić information content (AvgIpc) is 1.65. The predicted octanol–water partition coefficient (Wildman–Crippen LogP) is -0.133. The van der Waals surface area contributed by atoms with E-state index in [1.165, 1.54) is 7.05 Å². The Morgan fingerprint density at radius 2 is 1.57 bits per heavy atom. The van der Waals surface area contributed by atoms with Crippen LogP contribution >= 0.6 is 0 Å². The van der Waals surface area contributed by atoms with Gasteiger partial charge in [0.1, 0.15) is 0 Å². The van der Waals surface area contributed by atoms with E-state index in [4.69, 9.17) is 0 Å². The second-order valence-corrected chi connectivity index (χ2v) is 0.876. The first kappa shape index (κ1) is 9.46. The van der Waals surface area contributed by atoms with Crippen molar-refractivity contribution in [2.24, 2.45) is 0 Å². The molecule has 2 amide bonds. The SMILES string of the molecule is C.CN(C=O)C=O. The van der Waals surface area contributed by atoms with Crippen molar-refractivity contribution in [1.82, 2.24) is 4.90 Å². The van der Waals surface area contributed by atoms with Gasteiger partial charge < -0.3 is 0 Å². The first-order chi connectivity index (χ1) is 2.81. The third-order valence-electron chi connectivity index (χ3n) is 0.333. The molecule has 3 heteroatoms. The second kappa shape index (κ2) is 5.14. The van der Waals surface area contributed by atoms with Crippen LogP contribution < -0.4 is 0 Å². The minimum atomic E-state index is 0. The summed E-state index contributed by atoms with van der Waals surface area (Å²) >= 11 is 0. The molecule has 0 spiro atoms. The van der Waals surface area contributed by atoms with E-state index >= 15 is 0 Å². The largest absolute Gasteiger partial charge is 0.291 e. The summed E-state index contributed by atoms with van der Waals surface area (Å²) in [6, 6.07) is 0. The van der Waals surface area contributed by atoms with Crippen molar-refractivity contribution in [2.45, 2.75) is 7.43 Å². The van der Waals surface area contributed by atoms with Crippen LogP contribution in [0.2, 0.25) is 0 Å². The van der Waals surface area contributed by atoms with Crippen molar-refractivity contribution < 1.29 is 9.59 Å². The third kappa shape index (κ3) is 5.14. The Labute approximate surface area is 42.9 Å². The highest BCUT2D eigenvalue weighted by atomic mass is 16.2. The van der Waals surface area contributed by atoms with Crippen LogP contribution in [0, 0.1) is 0 Å². The molecule has 0 aromatic heterocycles. The molecule has 42 valence electrons. The van der Waals surface area contributed by atoms with Crippen molar-refractivity contribution in [1.29, 1.82) is 0 Å². The van der Waals surface area contributed by atoms with Gasteiger partial charge in [0.2, 0.25) is 12.8 Å². The van der Waals surface area contributed by atoms with Gasteiger partial charge in [0, 0.05) is 7.05 Å². The van der Waals surface area contributed by atoms with Crippen molar-refractivity contribution in [2.75, 3.05) is 7.05 Å². The molecule has 0 radical (unpaired) electrons. The predicted molar refractivity (Wildman–Crippen MR) is 26.6 cm³/mol. The lowest BCUT2D eigenvalue weighted by molar-refractivity contribution is -0.127. The van der Waals surface area contributed by atoms with Crippen molar-refractivity contribution in [3.63, 3.8) is 0 Å². The van der Waals surface area contributed by atoms with E-state index in [0.29, 0.717) is 12.8 Å². The van der Waals surface area contributed by atoms with E-state index in [1.54, 1.807) is 0 Å². The molecule has 0 rings (SSSR count). The molecule has 0 aliphatic carbocycles. The maximum absolute atomic E-state index is 9.43. The molecule has 0 bridgehead atoms. The van der Waals surface area contributed by atoms with Crippen LogP contribution in [0.3, 0.4) is 0 Å². The van der Waals surface area contributed by atoms with Crippen LogP contribution in [-0.4, -0.2) is 24.8 Å². The summed E-state index contributed by atoms with van der Waals surface area (Å²) in [5, 5.41) is 0. The number of hydrogen-bond acceptors (Lipinski definition) is 2. The average molecular weight is 103 g/mol. The van der Waals surface area contributed by atoms with E-state index in [-0.39, 0.29) is 7.43 Å². The van der Waals surface area contributed by atoms with Crippen LogP contribution in [0.1, 0.15) is 7.43 Å². The smallest absolute Gasteiger partial charge is 0.215 e. The standard InChI is InChI=1S/C3H5NO2.CH4/c1-4(2-5)3-6;/h2-3H,1H3;1H4. The summed E-state index contributed by atoms with van der Waals surface area (Å²) in [5.74, 6) is 0. The zero-order valence-electron chi connectivity index (χ0n) is 3.42. The van der Waals surface area contributed by atoms with E-state index in [9.17, 15) is 9.59 Å². The van der Waals surface area contributed by atoms with Gasteiger partial charge in [0.05, 0.1) is 0 Å². The molecule has 0 heterocycles. The molecular weight excluding hydrogens is 94.0 g/mol. The summed E-state index contributed by atoms with van der Waals surface area (Å²) in [6.45, 7) is 0. The van der Waals surface area contributed by atoms with E-state index in [0.717, 1.165) is 4.90 Å². The molecule has 3 nitrogen and oxygen atoms in total. The zero-order valence-corrected chi connectivity index (χ0v) is 3.42. The van der Waals surface area contributed by atoms with Gasteiger partial charge >= 0.3 is 0 Å². The Hall–Kier alpha value is -0.860. The van der Waals surface area contributed by atoms with Gasteiger partial charge in [-0.2, -0.15) is 0 Å². The molecule has 0 unspecified atom stereocenters. The number of amides is 2. The Kier molecular flexibility index (Phi) is 6.95. The van der Waals surface area contributed by atoms with Gasteiger partial charge in [-0.05, 0) is 0 Å².